The molecule has 89 heavy (non-hydrogen) atoms. The molecule has 0 aromatic rings. The Hall–Kier alpha value is -4.02. The van der Waals surface area contributed by atoms with Crippen LogP contribution < -0.4 is 0 Å². The smallest absolute Gasteiger partial charge is 0.302 e. The van der Waals surface area contributed by atoms with Crippen LogP contribution in [0.5, 0.6) is 0 Å². The first kappa shape index (κ1) is 87.0. The van der Waals surface area contributed by atoms with E-state index in [2.05, 4.69) is 86.3 Å². The van der Waals surface area contributed by atoms with Crippen LogP contribution in [0.4, 0.5) is 0 Å². The molecule has 11 nitrogen and oxygen atoms in total. The van der Waals surface area contributed by atoms with Gasteiger partial charge in [-0.1, -0.05) is 141 Å². The number of aldehydes is 1. The Morgan fingerprint density at radius 3 is 1.18 bits per heavy atom. The quantitative estimate of drug-likeness (QED) is 0.0940. The largest absolute Gasteiger partial charge is 0.462 e. The Morgan fingerprint density at radius 1 is 0.483 bits per heavy atom. The SMILES string of the molecule is C.C.C.C.C.C.C.C/C=C1/CCC2[C@@H](OC(C)=O)CCC[C@]12C.C/C=C1\CCC2[C@@H](OC(C)=O)CCC[C@]12C.C=CC1CCC2[C@@H](OC(C)=O)CCC[C@]12C.CC(=O)O[C@H]1CCC[C@@]2(C)C1CC[C@@H]2[C@H](C)C=O.CCC1=CCC2[C@@H](OC(C)=O)CCC[C@]12C. The molecule has 518 valence electrons. The molecular weight excluding hydrogens is 1110 g/mol. The van der Waals surface area contributed by atoms with Gasteiger partial charge in [0.15, 0.2) is 0 Å². The van der Waals surface area contributed by atoms with E-state index in [1.165, 1.54) is 125 Å². The summed E-state index contributed by atoms with van der Waals surface area (Å²) in [6, 6.07) is 0. The van der Waals surface area contributed by atoms with Crippen molar-refractivity contribution >= 4 is 36.1 Å². The van der Waals surface area contributed by atoms with Gasteiger partial charge >= 0.3 is 29.8 Å². The molecule has 0 bridgehead atoms. The van der Waals surface area contributed by atoms with Crippen LogP contribution in [-0.4, -0.2) is 66.7 Å². The van der Waals surface area contributed by atoms with Crippen molar-refractivity contribution in [3.8, 4) is 0 Å². The molecule has 10 aliphatic rings. The van der Waals surface area contributed by atoms with Crippen LogP contribution in [0.1, 0.15) is 309 Å². The standard InChI is InChI=1S/C15H24O3.4C14H22O2.7CH4/c1-10(9-16)12-6-7-13-14(18-11(2)17)5-4-8-15(12,13)3;4*1-4-11-7-8-12-13(16-10(2)15)6-5-9-14(11,12)3;;;;;;;/h9-10,12-14H,4-8H2,1-3H3;7,12-13H,4-6,8-9H2,1-3H3;2*4,12-13H,5-9H2,1-3H3;4,11-13H,1,5-9H2,2-3H3;7*1H4/b;;11-4+;11-4-;;;;;;;;/t10-,12-,13?,14+,15-;3*12?,13-,14+;11?,12?,13-,14+;;;;;;;/m10000......./s1. The van der Waals surface area contributed by atoms with Crippen molar-refractivity contribution in [1.82, 2.24) is 0 Å². The van der Waals surface area contributed by atoms with Gasteiger partial charge in [0.25, 0.3) is 0 Å². The van der Waals surface area contributed by atoms with Gasteiger partial charge in [-0.3, -0.25) is 24.0 Å². The lowest BCUT2D eigenvalue weighted by molar-refractivity contribution is -0.156. The van der Waals surface area contributed by atoms with Crippen molar-refractivity contribution in [2.45, 2.75) is 340 Å². The molecule has 9 fully saturated rings. The summed E-state index contributed by atoms with van der Waals surface area (Å²) in [5.74, 6) is 3.15. The van der Waals surface area contributed by atoms with Crippen molar-refractivity contribution < 1.29 is 52.5 Å². The van der Waals surface area contributed by atoms with E-state index in [1.54, 1.807) is 16.7 Å². The van der Waals surface area contributed by atoms with Crippen LogP contribution >= 0.6 is 0 Å². The third-order valence-corrected chi connectivity index (χ3v) is 23.7. The summed E-state index contributed by atoms with van der Waals surface area (Å²) < 4.78 is 27.5. The van der Waals surface area contributed by atoms with E-state index < -0.39 is 0 Å². The second-order valence-electron chi connectivity index (χ2n) is 28.1. The van der Waals surface area contributed by atoms with E-state index in [4.69, 9.17) is 23.7 Å². The number of ether oxygens (including phenoxy) is 5. The van der Waals surface area contributed by atoms with Crippen LogP contribution in [-0.2, 0) is 52.5 Å². The van der Waals surface area contributed by atoms with Gasteiger partial charge in [-0.25, -0.2) is 0 Å². The summed E-state index contributed by atoms with van der Waals surface area (Å²) in [6.45, 7) is 31.8. The summed E-state index contributed by atoms with van der Waals surface area (Å²) in [6.07, 6.45) is 39.6. The average molecular weight is 1250 g/mol. The lowest BCUT2D eigenvalue weighted by Gasteiger charge is -2.45. The third kappa shape index (κ3) is 19.5. The van der Waals surface area contributed by atoms with E-state index in [1.807, 2.05) is 6.92 Å². The second-order valence-corrected chi connectivity index (χ2v) is 28.1. The molecule has 0 radical (unpaired) electrons. The van der Waals surface area contributed by atoms with Gasteiger partial charge in [0.05, 0.1) is 0 Å². The molecule has 0 aromatic heterocycles. The first-order valence-electron chi connectivity index (χ1n) is 32.7. The second kappa shape index (κ2) is 37.6. The number of esters is 5. The van der Waals surface area contributed by atoms with Crippen molar-refractivity contribution in [1.29, 1.82) is 0 Å². The molecule has 9 saturated carbocycles. The number of fused-ring (bicyclic) bond motifs is 5. The number of carbonyl (C=O) groups is 6. The van der Waals surface area contributed by atoms with E-state index in [0.29, 0.717) is 63.1 Å². The molecule has 6 unspecified atom stereocenters. The Morgan fingerprint density at radius 2 is 0.820 bits per heavy atom. The van der Waals surface area contributed by atoms with Crippen molar-refractivity contribution in [3.05, 3.63) is 47.6 Å². The van der Waals surface area contributed by atoms with Crippen LogP contribution in [0.25, 0.3) is 0 Å². The molecule has 0 amide bonds. The van der Waals surface area contributed by atoms with Gasteiger partial charge in [0, 0.05) is 70.1 Å². The molecule has 10 aliphatic carbocycles. The first-order valence-corrected chi connectivity index (χ1v) is 32.7. The lowest BCUT2D eigenvalue weighted by Crippen LogP contribution is -2.43. The van der Waals surface area contributed by atoms with Gasteiger partial charge in [-0.15, -0.1) is 6.58 Å². The van der Waals surface area contributed by atoms with E-state index in [0.717, 1.165) is 76.9 Å². The zero-order chi connectivity index (χ0) is 60.4. The fraction of sp³-hybridized carbons (Fsp3) is 0.821. The van der Waals surface area contributed by atoms with Crippen LogP contribution in [0, 0.1) is 74.4 Å². The Kier molecular flexibility index (Phi) is 36.8. The summed E-state index contributed by atoms with van der Waals surface area (Å²) in [5, 5.41) is 0. The Bertz CT molecular complexity index is 2270. The van der Waals surface area contributed by atoms with Gasteiger partial charge in [-0.2, -0.15) is 0 Å². The molecule has 0 N–H and O–H groups in total. The van der Waals surface area contributed by atoms with Crippen molar-refractivity contribution in [2.75, 3.05) is 0 Å². The molecular formula is C78H140O11. The van der Waals surface area contributed by atoms with Crippen molar-refractivity contribution in [2.24, 2.45) is 74.4 Å². The highest BCUT2D eigenvalue weighted by Crippen LogP contribution is 2.61. The molecule has 0 saturated heterocycles. The highest BCUT2D eigenvalue weighted by Gasteiger charge is 2.55. The molecule has 18 atom stereocenters. The highest BCUT2D eigenvalue weighted by atomic mass is 16.6. The zero-order valence-electron chi connectivity index (χ0n) is 53.8. The molecule has 0 heterocycles. The number of hydrogen-bond acceptors (Lipinski definition) is 11. The van der Waals surface area contributed by atoms with Gasteiger partial charge in [-0.05, 0) is 213 Å². The number of carbonyl (C=O) groups excluding carboxylic acids is 6. The van der Waals surface area contributed by atoms with E-state index in [-0.39, 0.29) is 124 Å². The van der Waals surface area contributed by atoms with Crippen molar-refractivity contribution in [3.63, 3.8) is 0 Å². The summed E-state index contributed by atoms with van der Waals surface area (Å²) in [7, 11) is 0. The molecule has 0 aromatic carbocycles. The minimum atomic E-state index is -0.170. The van der Waals surface area contributed by atoms with Crippen LogP contribution in [0.3, 0.4) is 0 Å². The topological polar surface area (TPSA) is 149 Å². The summed E-state index contributed by atoms with van der Waals surface area (Å²) in [4.78, 5) is 66.7. The average Bonchev–Trinajstić information content (AvgIpc) is 2.67. The molecule has 11 heteroatoms. The lowest BCUT2D eigenvalue weighted by atomic mass is 9.62. The Balaban J connectivity index is 0. The third-order valence-electron chi connectivity index (χ3n) is 23.7. The molecule has 0 spiro atoms. The first-order chi connectivity index (χ1) is 38.8. The fourth-order valence-electron chi connectivity index (χ4n) is 19.6. The molecule has 0 aliphatic heterocycles. The predicted molar refractivity (Wildman–Crippen MR) is 372 cm³/mol. The summed E-state index contributed by atoms with van der Waals surface area (Å²) >= 11 is 0. The normalized spacial score (nSPS) is 37.4. The maximum atomic E-state index is 11.2. The van der Waals surface area contributed by atoms with Crippen LogP contribution in [0.15, 0.2) is 47.6 Å². The number of allylic oxidation sites excluding steroid dienone is 7. The van der Waals surface area contributed by atoms with E-state index >= 15 is 0 Å². The van der Waals surface area contributed by atoms with Gasteiger partial charge < -0.3 is 28.5 Å². The minimum absolute atomic E-state index is 0. The number of hydrogen-bond donors (Lipinski definition) is 0. The zero-order valence-corrected chi connectivity index (χ0v) is 53.8. The number of rotatable bonds is 9. The summed E-state index contributed by atoms with van der Waals surface area (Å²) in [5.41, 5.74) is 6.13. The fourth-order valence-corrected chi connectivity index (χ4v) is 19.6. The molecule has 10 rings (SSSR count). The van der Waals surface area contributed by atoms with Crippen LogP contribution in [0.2, 0.25) is 0 Å². The van der Waals surface area contributed by atoms with E-state index in [9.17, 15) is 28.8 Å². The monoisotopic (exact) mass is 1250 g/mol. The van der Waals surface area contributed by atoms with Gasteiger partial charge in [0.2, 0.25) is 0 Å². The predicted octanol–water partition coefficient (Wildman–Crippen LogP) is 21.1. The maximum absolute atomic E-state index is 11.2. The highest BCUT2D eigenvalue weighted by molar-refractivity contribution is 5.67. The van der Waals surface area contributed by atoms with Gasteiger partial charge in [0.1, 0.15) is 36.8 Å². The maximum Gasteiger partial charge on any atom is 0.302 e. The Labute approximate surface area is 548 Å². The minimum Gasteiger partial charge on any atom is -0.462 e.